The van der Waals surface area contributed by atoms with Gasteiger partial charge in [0.15, 0.2) is 0 Å². The van der Waals surface area contributed by atoms with E-state index in [4.69, 9.17) is 23.7 Å². The van der Waals surface area contributed by atoms with Crippen molar-refractivity contribution in [2.24, 2.45) is 0 Å². The normalized spacial score (nSPS) is 14.0. The highest BCUT2D eigenvalue weighted by Crippen LogP contribution is 1.99. The number of unbranched alkanes of at least 4 members (excludes halogenated alkanes) is 1. The summed E-state index contributed by atoms with van der Waals surface area (Å²) in [5, 5.41) is 9.77. The Morgan fingerprint density at radius 1 is 1.00 bits per heavy atom. The van der Waals surface area contributed by atoms with Crippen molar-refractivity contribution in [1.29, 1.82) is 0 Å². The Bertz CT molecular complexity index is 237. The summed E-state index contributed by atoms with van der Waals surface area (Å²) in [6, 6.07) is 0. The lowest BCUT2D eigenvalue weighted by Crippen LogP contribution is -2.31. The van der Waals surface area contributed by atoms with Crippen LogP contribution in [-0.2, 0) is 23.7 Å². The van der Waals surface area contributed by atoms with Gasteiger partial charge in [0, 0.05) is 13.7 Å². The van der Waals surface area contributed by atoms with Crippen LogP contribution in [0.5, 0.6) is 0 Å². The topological polar surface area (TPSA) is 66.4 Å². The monoisotopic (exact) mass is 320 g/mol. The molecule has 1 N–H and O–H groups in total. The Balaban J connectivity index is 3.67. The van der Waals surface area contributed by atoms with Crippen molar-refractivity contribution in [1.82, 2.24) is 0 Å². The maximum Gasteiger partial charge on any atom is 0.104 e. The lowest BCUT2D eigenvalue weighted by atomic mass is 10.3. The number of hydrogen-bond donors (Lipinski definition) is 1. The van der Waals surface area contributed by atoms with Gasteiger partial charge in [-0.1, -0.05) is 19.4 Å². The van der Waals surface area contributed by atoms with Gasteiger partial charge in [0.25, 0.3) is 0 Å². The van der Waals surface area contributed by atoms with E-state index in [2.05, 4.69) is 13.5 Å². The molecular weight excluding hydrogens is 288 g/mol. The number of aliphatic hydroxyl groups is 1. The average Bonchev–Trinajstić information content (AvgIpc) is 2.52. The first-order valence-electron chi connectivity index (χ1n) is 7.87. The molecule has 6 heteroatoms. The molecule has 0 rings (SSSR count). The zero-order valence-electron chi connectivity index (χ0n) is 14.0. The van der Waals surface area contributed by atoms with Gasteiger partial charge in [-0.2, -0.15) is 0 Å². The van der Waals surface area contributed by atoms with E-state index in [1.807, 2.05) is 0 Å². The first-order valence-corrected chi connectivity index (χ1v) is 7.87. The minimum atomic E-state index is -0.632. The molecule has 0 aliphatic heterocycles. The molecule has 0 aromatic heterocycles. The third-order valence-electron chi connectivity index (χ3n) is 2.74. The Kier molecular flexibility index (Phi) is 16.5. The van der Waals surface area contributed by atoms with Gasteiger partial charge in [-0.3, -0.25) is 0 Å². The second-order valence-corrected chi connectivity index (χ2v) is 4.93. The van der Waals surface area contributed by atoms with Crippen LogP contribution < -0.4 is 0 Å². The van der Waals surface area contributed by atoms with Crippen molar-refractivity contribution in [2.75, 3.05) is 60.0 Å². The molecule has 0 fully saturated rings. The highest BCUT2D eigenvalue weighted by atomic mass is 16.6. The number of ether oxygens (including phenoxy) is 5. The van der Waals surface area contributed by atoms with E-state index >= 15 is 0 Å². The molecule has 0 heterocycles. The predicted octanol–water partition coefficient (Wildman–Crippen LogP) is 1.41. The zero-order chi connectivity index (χ0) is 16.5. The molecule has 0 aromatic carbocycles. The van der Waals surface area contributed by atoms with Crippen molar-refractivity contribution in [3.05, 3.63) is 12.7 Å². The van der Waals surface area contributed by atoms with Crippen LogP contribution >= 0.6 is 0 Å². The van der Waals surface area contributed by atoms with Crippen LogP contribution in [0.2, 0.25) is 0 Å². The number of methoxy groups -OCH3 is 1. The van der Waals surface area contributed by atoms with E-state index < -0.39 is 6.10 Å². The summed E-state index contributed by atoms with van der Waals surface area (Å²) in [4.78, 5) is 0. The van der Waals surface area contributed by atoms with E-state index in [1.54, 1.807) is 13.2 Å². The molecule has 0 bridgehead atoms. The Hall–Kier alpha value is -0.500. The van der Waals surface area contributed by atoms with Crippen LogP contribution in [-0.4, -0.2) is 77.3 Å². The second-order valence-electron chi connectivity index (χ2n) is 4.93. The molecule has 22 heavy (non-hydrogen) atoms. The standard InChI is InChI=1S/C16H32O6/c1-4-6-8-20-11-15(17)12-22-16(13-18-3)14-21-10-9-19-7-5-2/h5,15-17H,2,4,6-14H2,1,3H3. The largest absolute Gasteiger partial charge is 0.388 e. The van der Waals surface area contributed by atoms with Crippen molar-refractivity contribution in [3.8, 4) is 0 Å². The summed E-state index contributed by atoms with van der Waals surface area (Å²) in [7, 11) is 1.61. The fourth-order valence-electron chi connectivity index (χ4n) is 1.59. The van der Waals surface area contributed by atoms with Crippen LogP contribution in [0.4, 0.5) is 0 Å². The fraction of sp³-hybridized carbons (Fsp3) is 0.875. The van der Waals surface area contributed by atoms with Crippen LogP contribution in [0, 0.1) is 0 Å². The van der Waals surface area contributed by atoms with Crippen LogP contribution in [0.3, 0.4) is 0 Å². The first-order chi connectivity index (χ1) is 10.7. The maximum absolute atomic E-state index is 9.77. The minimum Gasteiger partial charge on any atom is -0.388 e. The fourth-order valence-corrected chi connectivity index (χ4v) is 1.59. The molecule has 0 aliphatic carbocycles. The van der Waals surface area contributed by atoms with Gasteiger partial charge in [-0.25, -0.2) is 0 Å². The summed E-state index contributed by atoms with van der Waals surface area (Å²) in [6.45, 7) is 9.16. The maximum atomic E-state index is 9.77. The van der Waals surface area contributed by atoms with E-state index in [0.29, 0.717) is 39.6 Å². The third kappa shape index (κ3) is 14.4. The highest BCUT2D eigenvalue weighted by molar-refractivity contribution is 4.63. The molecule has 132 valence electrons. The number of hydrogen-bond acceptors (Lipinski definition) is 6. The zero-order valence-corrected chi connectivity index (χ0v) is 14.0. The number of aliphatic hydroxyl groups excluding tert-OH is 1. The van der Waals surface area contributed by atoms with Crippen molar-refractivity contribution in [3.63, 3.8) is 0 Å². The molecule has 0 aromatic rings. The molecule has 0 saturated heterocycles. The van der Waals surface area contributed by atoms with E-state index in [9.17, 15) is 5.11 Å². The van der Waals surface area contributed by atoms with Gasteiger partial charge in [0.1, 0.15) is 12.2 Å². The van der Waals surface area contributed by atoms with Gasteiger partial charge >= 0.3 is 0 Å². The van der Waals surface area contributed by atoms with Gasteiger partial charge in [0.05, 0.1) is 46.2 Å². The molecule has 0 saturated carbocycles. The quantitative estimate of drug-likeness (QED) is 0.323. The van der Waals surface area contributed by atoms with Crippen molar-refractivity contribution < 1.29 is 28.8 Å². The molecule has 0 aliphatic rings. The van der Waals surface area contributed by atoms with Crippen molar-refractivity contribution in [2.45, 2.75) is 32.0 Å². The smallest absolute Gasteiger partial charge is 0.104 e. The Labute approximate surface area is 134 Å². The lowest BCUT2D eigenvalue weighted by molar-refractivity contribution is -0.0911. The molecule has 0 amide bonds. The van der Waals surface area contributed by atoms with Gasteiger partial charge in [-0.05, 0) is 6.42 Å². The molecule has 0 spiro atoms. The van der Waals surface area contributed by atoms with E-state index in [-0.39, 0.29) is 19.3 Å². The molecule has 0 radical (unpaired) electrons. The summed E-state index contributed by atoms with van der Waals surface area (Å²) in [5.41, 5.74) is 0. The van der Waals surface area contributed by atoms with Gasteiger partial charge in [0.2, 0.25) is 0 Å². The van der Waals surface area contributed by atoms with Crippen LogP contribution in [0.1, 0.15) is 19.8 Å². The van der Waals surface area contributed by atoms with Gasteiger partial charge in [-0.15, -0.1) is 6.58 Å². The Morgan fingerprint density at radius 2 is 1.73 bits per heavy atom. The predicted molar refractivity (Wildman–Crippen MR) is 85.2 cm³/mol. The summed E-state index contributed by atoms with van der Waals surface area (Å²) >= 11 is 0. The SMILES string of the molecule is C=CCOCCOCC(COC)OCC(O)COCCCC. The molecule has 6 nitrogen and oxygen atoms in total. The second kappa shape index (κ2) is 16.9. The molecule has 2 unspecified atom stereocenters. The molecular formula is C16H32O6. The van der Waals surface area contributed by atoms with Crippen LogP contribution in [0.15, 0.2) is 12.7 Å². The molecule has 2 atom stereocenters. The van der Waals surface area contributed by atoms with Gasteiger partial charge < -0.3 is 28.8 Å². The van der Waals surface area contributed by atoms with E-state index in [1.165, 1.54) is 0 Å². The first kappa shape index (κ1) is 21.5. The number of rotatable bonds is 17. The summed E-state index contributed by atoms with van der Waals surface area (Å²) < 4.78 is 26.7. The minimum absolute atomic E-state index is 0.205. The summed E-state index contributed by atoms with van der Waals surface area (Å²) in [5.74, 6) is 0. The average molecular weight is 320 g/mol. The van der Waals surface area contributed by atoms with E-state index in [0.717, 1.165) is 12.8 Å². The van der Waals surface area contributed by atoms with Crippen LogP contribution in [0.25, 0.3) is 0 Å². The Morgan fingerprint density at radius 3 is 2.41 bits per heavy atom. The third-order valence-corrected chi connectivity index (χ3v) is 2.74. The lowest BCUT2D eigenvalue weighted by Gasteiger charge is -2.19. The van der Waals surface area contributed by atoms with Crippen molar-refractivity contribution >= 4 is 0 Å². The highest BCUT2D eigenvalue weighted by Gasteiger charge is 2.13. The summed E-state index contributed by atoms with van der Waals surface area (Å²) in [6.07, 6.45) is 2.93.